The molecule has 1 fully saturated rings. The first-order chi connectivity index (χ1) is 25.4. The van der Waals surface area contributed by atoms with E-state index >= 15 is 0 Å². The second-order valence-electron chi connectivity index (χ2n) is 19.3. The van der Waals surface area contributed by atoms with Crippen LogP contribution in [0.2, 0.25) is 54.4 Å². The highest BCUT2D eigenvalue weighted by atomic mass is 28.4. The molecule has 1 rings (SSSR count). The van der Waals surface area contributed by atoms with Crippen LogP contribution >= 0.6 is 0 Å². The summed E-state index contributed by atoms with van der Waals surface area (Å²) in [5, 5.41) is 0.0700. The van der Waals surface area contributed by atoms with Gasteiger partial charge in [0.2, 0.25) is 0 Å². The average Bonchev–Trinajstić information content (AvgIpc) is 3.43. The van der Waals surface area contributed by atoms with Gasteiger partial charge in [-0.15, -0.1) is 13.2 Å². The fourth-order valence-corrected chi connectivity index (χ4v) is 15.7. The van der Waals surface area contributed by atoms with Crippen LogP contribution in [0.4, 0.5) is 0 Å². The summed E-state index contributed by atoms with van der Waals surface area (Å²) in [6.07, 6.45) is 11.0. The molecule has 0 saturated carbocycles. The zero-order valence-electron chi connectivity index (χ0n) is 39.3. The zero-order valence-corrected chi connectivity index (χ0v) is 42.3. The van der Waals surface area contributed by atoms with Gasteiger partial charge in [0.25, 0.3) is 0 Å². The van der Waals surface area contributed by atoms with Crippen LogP contribution in [0.15, 0.2) is 37.0 Å². The third-order valence-electron chi connectivity index (χ3n) is 13.7. The molecule has 0 radical (unpaired) electrons. The van der Waals surface area contributed by atoms with Gasteiger partial charge < -0.3 is 22.8 Å². The van der Waals surface area contributed by atoms with E-state index in [1.54, 1.807) is 6.08 Å². The summed E-state index contributed by atoms with van der Waals surface area (Å²) in [4.78, 5) is 13.5. The van der Waals surface area contributed by atoms with Gasteiger partial charge in [0.15, 0.2) is 25.0 Å². The van der Waals surface area contributed by atoms with E-state index in [1.807, 2.05) is 13.0 Å². The van der Waals surface area contributed by atoms with Gasteiger partial charge in [-0.05, 0) is 113 Å². The number of hydrogen-bond acceptors (Lipinski definition) is 6. The van der Waals surface area contributed by atoms with E-state index in [0.717, 1.165) is 86.8 Å². The van der Waals surface area contributed by atoms with Crippen LogP contribution < -0.4 is 0 Å². The minimum atomic E-state index is -2.14. The van der Waals surface area contributed by atoms with Crippen molar-refractivity contribution in [2.24, 2.45) is 11.8 Å². The Balaban J connectivity index is 3.69. The van der Waals surface area contributed by atoms with Gasteiger partial charge in [-0.1, -0.05) is 107 Å². The molecular weight excluding hydrogens is 733 g/mol. The summed E-state index contributed by atoms with van der Waals surface area (Å²) < 4.78 is 35.4. The van der Waals surface area contributed by atoms with Crippen LogP contribution in [-0.4, -0.2) is 66.5 Å². The lowest BCUT2D eigenvalue weighted by atomic mass is 9.84. The van der Waals surface area contributed by atoms with Crippen LogP contribution in [0.1, 0.15) is 149 Å². The van der Waals surface area contributed by atoms with Crippen molar-refractivity contribution >= 4 is 30.9 Å². The summed E-state index contributed by atoms with van der Waals surface area (Å²) in [5.74, 6) is -0.0941. The Morgan fingerprint density at radius 3 is 1.93 bits per heavy atom. The third-order valence-corrected chi connectivity index (χ3v) is 27.7. The molecule has 0 unspecified atom stereocenters. The highest BCUT2D eigenvalue weighted by Gasteiger charge is 2.50. The molecule has 1 saturated heterocycles. The molecule has 0 amide bonds. The number of carbonyl (C=O) groups excluding carboxylic acids is 1. The highest BCUT2D eigenvalue weighted by Crippen LogP contribution is 2.44. The van der Waals surface area contributed by atoms with E-state index in [0.29, 0.717) is 0 Å². The molecule has 6 nitrogen and oxygen atoms in total. The minimum absolute atomic E-state index is 0.0553. The van der Waals surface area contributed by atoms with Gasteiger partial charge in [0.1, 0.15) is 6.10 Å². The first kappa shape index (κ1) is 52.2. The molecule has 1 aliphatic rings. The maximum Gasteiger partial charge on any atom is 0.330 e. The smallest absolute Gasteiger partial charge is 0.330 e. The Morgan fingerprint density at radius 1 is 0.927 bits per heavy atom. The van der Waals surface area contributed by atoms with E-state index in [9.17, 15) is 4.79 Å². The molecule has 55 heavy (non-hydrogen) atoms. The molecule has 0 spiro atoms. The molecular formula is C46H90O6Si3. The predicted molar refractivity (Wildman–Crippen MR) is 244 cm³/mol. The fraction of sp³-hybridized carbons (Fsp3) is 0.848. The Morgan fingerprint density at radius 2 is 1.47 bits per heavy atom. The van der Waals surface area contributed by atoms with E-state index < -0.39 is 30.6 Å². The van der Waals surface area contributed by atoms with Crippen molar-refractivity contribution in [3.63, 3.8) is 0 Å². The predicted octanol–water partition coefficient (Wildman–Crippen LogP) is 14.0. The van der Waals surface area contributed by atoms with Crippen LogP contribution in [-0.2, 0) is 27.5 Å². The molecule has 322 valence electrons. The summed E-state index contributed by atoms with van der Waals surface area (Å²) in [7, 11) is -6.35. The van der Waals surface area contributed by atoms with Gasteiger partial charge in [-0.25, -0.2) is 4.79 Å². The van der Waals surface area contributed by atoms with Crippen molar-refractivity contribution < 1.29 is 27.5 Å². The summed E-state index contributed by atoms with van der Waals surface area (Å²) in [5.41, 5.74) is 0.248. The van der Waals surface area contributed by atoms with Gasteiger partial charge in [-0.2, -0.15) is 0 Å². The number of esters is 1. The minimum Gasteiger partial charge on any atom is -0.456 e. The first-order valence-electron chi connectivity index (χ1n) is 22.3. The Kier molecular flexibility index (Phi) is 21.4. The van der Waals surface area contributed by atoms with Gasteiger partial charge in [-0.3, -0.25) is 0 Å². The second-order valence-corrected chi connectivity index (χ2v) is 33.5. The first-order valence-corrected chi connectivity index (χ1v) is 30.3. The van der Waals surface area contributed by atoms with Crippen molar-refractivity contribution in [1.82, 2.24) is 0 Å². The van der Waals surface area contributed by atoms with E-state index in [1.165, 1.54) is 0 Å². The molecule has 1 heterocycles. The Bertz CT molecular complexity index is 1190. The molecule has 0 bridgehead atoms. The lowest BCUT2D eigenvalue weighted by molar-refractivity contribution is -0.146. The molecule has 0 aromatic rings. The topological polar surface area (TPSA) is 63.2 Å². The second kappa shape index (κ2) is 22.5. The van der Waals surface area contributed by atoms with Crippen molar-refractivity contribution in [3.05, 3.63) is 37.0 Å². The Labute approximate surface area is 344 Å². The van der Waals surface area contributed by atoms with Gasteiger partial charge in [0, 0.05) is 18.9 Å². The number of hydrogen-bond donors (Lipinski definition) is 0. The number of allylic oxidation sites excluding steroid dienone is 2. The Hall–Kier alpha value is -0.819. The summed E-state index contributed by atoms with van der Waals surface area (Å²) in [6.45, 7) is 47.0. The SMILES string of the molecule is C=C[C@@H](C)[C@H](C[C@@](C)(O[Si](CC)(CC)CC)[C@@H](C[C@H](C)/C=C/C(=O)O[C@@H]1C[C@@](C)(CCC)O[C@H]1CCC(=C)C)O[Si](CC)(CC)CC)O[Si](C)(C)C(C)(C)C. The number of ether oxygens (including phenoxy) is 2. The van der Waals surface area contributed by atoms with Crippen LogP contribution in [0.5, 0.6) is 0 Å². The van der Waals surface area contributed by atoms with Gasteiger partial charge in [0.05, 0.1) is 29.5 Å². The van der Waals surface area contributed by atoms with Crippen LogP contribution in [0.25, 0.3) is 0 Å². The molecule has 9 heteroatoms. The third kappa shape index (κ3) is 15.4. The van der Waals surface area contributed by atoms with Crippen molar-refractivity contribution in [1.29, 1.82) is 0 Å². The monoisotopic (exact) mass is 823 g/mol. The quantitative estimate of drug-likeness (QED) is 0.0356. The van der Waals surface area contributed by atoms with Crippen molar-refractivity contribution in [2.75, 3.05) is 0 Å². The maximum atomic E-state index is 13.5. The van der Waals surface area contributed by atoms with Crippen LogP contribution in [0.3, 0.4) is 0 Å². The van der Waals surface area contributed by atoms with Crippen LogP contribution in [0, 0.1) is 11.8 Å². The van der Waals surface area contributed by atoms with Crippen molar-refractivity contribution in [2.45, 2.75) is 239 Å². The molecule has 0 N–H and O–H groups in total. The molecule has 0 aliphatic carbocycles. The molecule has 0 aromatic carbocycles. The normalized spacial score (nSPS) is 23.3. The standard InChI is InChI=1S/C46H90O6Si3/c1-20-32-45(16)34-41(39(49-45)30-28-36(9)10)48-43(47)31-29-37(11)33-42(51-54(22-3,23-4)24-5)46(17,52-55(25-6,26-7)27-8)35-40(38(12)21-2)50-53(18,19)44(13,14)15/h21,29,31,37-42H,2,9,20,22-28,30,32-35H2,1,3-8,10-19H3/b31-29+/t37-,38-,39+,40+,41-,42-,45-,46-/m1/s1. The molecule has 8 atom stereocenters. The largest absolute Gasteiger partial charge is 0.456 e. The van der Waals surface area contributed by atoms with E-state index in [4.69, 9.17) is 22.8 Å². The highest BCUT2D eigenvalue weighted by molar-refractivity contribution is 6.74. The lowest BCUT2D eigenvalue weighted by Crippen LogP contribution is -2.58. The zero-order chi connectivity index (χ0) is 42.5. The fourth-order valence-electron chi connectivity index (χ4n) is 8.20. The summed E-state index contributed by atoms with van der Waals surface area (Å²) in [6, 6.07) is 6.34. The lowest BCUT2D eigenvalue weighted by Gasteiger charge is -2.51. The summed E-state index contributed by atoms with van der Waals surface area (Å²) >= 11 is 0. The van der Waals surface area contributed by atoms with Gasteiger partial charge >= 0.3 is 5.97 Å². The van der Waals surface area contributed by atoms with Crippen molar-refractivity contribution in [3.8, 4) is 0 Å². The maximum absolute atomic E-state index is 13.5. The average molecular weight is 823 g/mol. The number of rotatable bonds is 27. The molecule has 0 aromatic heterocycles. The van der Waals surface area contributed by atoms with E-state index in [-0.39, 0.29) is 52.9 Å². The van der Waals surface area contributed by atoms with E-state index in [2.05, 4.69) is 129 Å². The number of carbonyl (C=O) groups is 1. The molecule has 1 aliphatic heterocycles.